The Labute approximate surface area is 395 Å². The van der Waals surface area contributed by atoms with Gasteiger partial charge in [0, 0.05) is 27.6 Å². The normalized spacial score (nSPS) is 12.5. The first kappa shape index (κ1) is 39.3. The molecule has 2 aromatic heterocycles. The molecule has 0 saturated heterocycles. The second-order valence-corrected chi connectivity index (χ2v) is 17.8. The molecule has 0 bridgehead atoms. The number of hydrogen-bond donors (Lipinski definition) is 0. The molecule has 316 valence electrons. The minimum atomic E-state index is -0.561. The maximum absolute atomic E-state index is 10.1. The average molecular weight is 864 g/mol. The molecule has 3 nitrogen and oxygen atoms in total. The Bertz CT molecular complexity index is 3930. The quantitative estimate of drug-likeness (QED) is 0.160. The standard InChI is InChI=1S/C65H41N3/c66-42-43-18-16-23-46(34-43)47-35-49(61-38-48(44-19-4-1-5-20-44)39-62(67-61)55-31-17-22-45-21-10-11-28-53(45)55)37-52(36-47)68-63-33-15-13-30-56(63)58-40-57-54-29-12-14-32-59(54)65(60(57)41-64(58)68,50-24-6-2-7-25-50)51-26-8-3-9-27-51/h1-41H. The van der Waals surface area contributed by atoms with Gasteiger partial charge < -0.3 is 4.57 Å². The summed E-state index contributed by atoms with van der Waals surface area (Å²) in [6, 6.07) is 91.8. The van der Waals surface area contributed by atoms with Crippen molar-refractivity contribution in [3.63, 3.8) is 0 Å². The molecule has 68 heavy (non-hydrogen) atoms. The zero-order valence-electron chi connectivity index (χ0n) is 37.0. The Morgan fingerprint density at radius 1 is 0.368 bits per heavy atom. The lowest BCUT2D eigenvalue weighted by Crippen LogP contribution is -2.28. The van der Waals surface area contributed by atoms with Gasteiger partial charge in [-0.2, -0.15) is 5.26 Å². The van der Waals surface area contributed by atoms with Crippen LogP contribution in [0.2, 0.25) is 0 Å². The van der Waals surface area contributed by atoms with E-state index in [0.29, 0.717) is 5.56 Å². The Hall–Kier alpha value is -9.10. The van der Waals surface area contributed by atoms with Crippen LogP contribution in [0.5, 0.6) is 0 Å². The van der Waals surface area contributed by atoms with Crippen molar-refractivity contribution in [3.05, 3.63) is 277 Å². The molecule has 0 amide bonds. The summed E-state index contributed by atoms with van der Waals surface area (Å²) < 4.78 is 2.45. The third kappa shape index (κ3) is 6.16. The third-order valence-electron chi connectivity index (χ3n) is 14.0. The van der Waals surface area contributed by atoms with Crippen LogP contribution in [0.15, 0.2) is 249 Å². The number of benzene rings is 10. The number of rotatable bonds is 7. The van der Waals surface area contributed by atoms with Gasteiger partial charge in [0.2, 0.25) is 0 Å². The van der Waals surface area contributed by atoms with Gasteiger partial charge in [-0.05, 0) is 127 Å². The summed E-state index contributed by atoms with van der Waals surface area (Å²) in [5.41, 5.74) is 18.8. The highest BCUT2D eigenvalue weighted by Gasteiger charge is 2.46. The molecule has 13 rings (SSSR count). The Morgan fingerprint density at radius 2 is 0.971 bits per heavy atom. The number of fused-ring (bicyclic) bond motifs is 7. The molecule has 3 heteroatoms. The second-order valence-electron chi connectivity index (χ2n) is 17.8. The highest BCUT2D eigenvalue weighted by Crippen LogP contribution is 2.57. The first-order valence-electron chi connectivity index (χ1n) is 23.2. The van der Waals surface area contributed by atoms with E-state index in [0.717, 1.165) is 66.9 Å². The molecule has 0 spiro atoms. The minimum absolute atomic E-state index is 0.561. The second kappa shape index (κ2) is 15.8. The van der Waals surface area contributed by atoms with Crippen molar-refractivity contribution < 1.29 is 0 Å². The summed E-state index contributed by atoms with van der Waals surface area (Å²) in [4.78, 5) is 5.56. The van der Waals surface area contributed by atoms with E-state index in [1.165, 1.54) is 49.5 Å². The number of hydrogen-bond acceptors (Lipinski definition) is 2. The maximum Gasteiger partial charge on any atom is 0.0991 e. The molecule has 10 aromatic carbocycles. The molecule has 1 aliphatic carbocycles. The lowest BCUT2D eigenvalue weighted by atomic mass is 9.67. The van der Waals surface area contributed by atoms with E-state index in [9.17, 15) is 5.26 Å². The topological polar surface area (TPSA) is 41.6 Å². The van der Waals surface area contributed by atoms with Crippen molar-refractivity contribution in [3.8, 4) is 67.7 Å². The van der Waals surface area contributed by atoms with Crippen LogP contribution >= 0.6 is 0 Å². The van der Waals surface area contributed by atoms with E-state index >= 15 is 0 Å². The highest BCUT2D eigenvalue weighted by atomic mass is 15.0. The van der Waals surface area contributed by atoms with E-state index in [4.69, 9.17) is 4.98 Å². The van der Waals surface area contributed by atoms with Crippen molar-refractivity contribution in [1.29, 1.82) is 5.26 Å². The predicted octanol–water partition coefficient (Wildman–Crippen LogP) is 16.2. The smallest absolute Gasteiger partial charge is 0.0991 e. The Kier molecular flexibility index (Phi) is 9.13. The molecule has 0 atom stereocenters. The van der Waals surface area contributed by atoms with Gasteiger partial charge in [-0.1, -0.05) is 188 Å². The minimum Gasteiger partial charge on any atom is -0.309 e. The van der Waals surface area contributed by atoms with Gasteiger partial charge in [0.05, 0.1) is 39.5 Å². The number of nitrogens with zero attached hydrogens (tertiary/aromatic N) is 3. The van der Waals surface area contributed by atoms with Crippen LogP contribution in [-0.4, -0.2) is 9.55 Å². The fraction of sp³-hybridized carbons (Fsp3) is 0.0154. The van der Waals surface area contributed by atoms with Crippen LogP contribution in [0.1, 0.15) is 27.8 Å². The van der Waals surface area contributed by atoms with Gasteiger partial charge in [0.1, 0.15) is 0 Å². The van der Waals surface area contributed by atoms with Crippen molar-refractivity contribution >= 4 is 32.6 Å². The molecule has 0 N–H and O–H groups in total. The van der Waals surface area contributed by atoms with E-state index in [2.05, 4.69) is 241 Å². The van der Waals surface area contributed by atoms with Crippen LogP contribution in [-0.2, 0) is 5.41 Å². The van der Waals surface area contributed by atoms with Gasteiger partial charge in [-0.3, -0.25) is 0 Å². The molecule has 0 radical (unpaired) electrons. The molecule has 0 saturated carbocycles. The average Bonchev–Trinajstić information content (AvgIpc) is 3.90. The fourth-order valence-corrected chi connectivity index (χ4v) is 11.1. The summed E-state index contributed by atoms with van der Waals surface area (Å²) in [6.45, 7) is 0. The first-order valence-corrected chi connectivity index (χ1v) is 23.2. The SMILES string of the molecule is N#Cc1cccc(-c2cc(-c3cc(-c4ccccc4)cc(-c4cccc5ccccc45)n3)cc(-n3c4ccccc4c4cc5c(cc43)C(c3ccccc3)(c3ccccc3)c3ccccc3-5)c2)c1. The summed E-state index contributed by atoms with van der Waals surface area (Å²) >= 11 is 0. The van der Waals surface area contributed by atoms with Crippen LogP contribution in [0, 0.1) is 11.3 Å². The zero-order valence-corrected chi connectivity index (χ0v) is 37.0. The summed E-state index contributed by atoms with van der Waals surface area (Å²) in [6.07, 6.45) is 0. The summed E-state index contributed by atoms with van der Waals surface area (Å²) in [7, 11) is 0. The molecule has 0 unspecified atom stereocenters. The van der Waals surface area contributed by atoms with Crippen LogP contribution in [0.3, 0.4) is 0 Å². The Morgan fingerprint density at radius 3 is 1.76 bits per heavy atom. The van der Waals surface area contributed by atoms with Crippen molar-refractivity contribution in [2.75, 3.05) is 0 Å². The molecule has 1 aliphatic rings. The fourth-order valence-electron chi connectivity index (χ4n) is 11.1. The third-order valence-corrected chi connectivity index (χ3v) is 14.0. The molecule has 0 fully saturated rings. The summed E-state index contributed by atoms with van der Waals surface area (Å²) in [5, 5.41) is 14.8. The van der Waals surface area contributed by atoms with Gasteiger partial charge >= 0.3 is 0 Å². The molecule has 12 aromatic rings. The summed E-state index contributed by atoms with van der Waals surface area (Å²) in [5.74, 6) is 0. The first-order chi connectivity index (χ1) is 33.7. The van der Waals surface area contributed by atoms with E-state index in [1.807, 2.05) is 18.2 Å². The lowest BCUT2D eigenvalue weighted by molar-refractivity contribution is 0.769. The number of aromatic nitrogens is 2. The molecule has 2 heterocycles. The zero-order chi connectivity index (χ0) is 45.2. The molecular weight excluding hydrogens is 823 g/mol. The molecular formula is C65H41N3. The maximum atomic E-state index is 10.1. The van der Waals surface area contributed by atoms with Crippen molar-refractivity contribution in [1.82, 2.24) is 9.55 Å². The van der Waals surface area contributed by atoms with Gasteiger partial charge in [-0.15, -0.1) is 0 Å². The number of para-hydroxylation sites is 1. The van der Waals surface area contributed by atoms with E-state index < -0.39 is 5.41 Å². The van der Waals surface area contributed by atoms with E-state index in [1.54, 1.807) is 0 Å². The monoisotopic (exact) mass is 863 g/mol. The van der Waals surface area contributed by atoms with Gasteiger partial charge in [0.25, 0.3) is 0 Å². The van der Waals surface area contributed by atoms with E-state index in [-0.39, 0.29) is 0 Å². The highest BCUT2D eigenvalue weighted by molar-refractivity contribution is 6.12. The van der Waals surface area contributed by atoms with Gasteiger partial charge in [-0.25, -0.2) is 4.98 Å². The molecule has 0 aliphatic heterocycles. The van der Waals surface area contributed by atoms with Crippen molar-refractivity contribution in [2.45, 2.75) is 5.41 Å². The van der Waals surface area contributed by atoms with Crippen LogP contribution in [0.25, 0.3) is 94.2 Å². The number of pyridine rings is 1. The van der Waals surface area contributed by atoms with Gasteiger partial charge in [0.15, 0.2) is 0 Å². The number of nitriles is 1. The van der Waals surface area contributed by atoms with Crippen LogP contribution in [0.4, 0.5) is 0 Å². The Balaban J connectivity index is 1.12. The van der Waals surface area contributed by atoms with Crippen LogP contribution < -0.4 is 0 Å². The largest absolute Gasteiger partial charge is 0.309 e. The predicted molar refractivity (Wildman–Crippen MR) is 280 cm³/mol. The lowest BCUT2D eigenvalue weighted by Gasteiger charge is -2.34. The van der Waals surface area contributed by atoms with Crippen molar-refractivity contribution in [2.24, 2.45) is 0 Å².